The summed E-state index contributed by atoms with van der Waals surface area (Å²) < 4.78 is 7.54. The fourth-order valence-electron chi connectivity index (χ4n) is 5.67. The molecule has 5 rings (SSSR count). The lowest BCUT2D eigenvalue weighted by molar-refractivity contribution is 0.00719. The summed E-state index contributed by atoms with van der Waals surface area (Å²) in [6.07, 6.45) is 9.16. The van der Waals surface area contributed by atoms with E-state index in [-0.39, 0.29) is 5.78 Å². The van der Waals surface area contributed by atoms with Gasteiger partial charge in [0.05, 0.1) is 13.2 Å². The molecule has 0 spiro atoms. The van der Waals surface area contributed by atoms with Gasteiger partial charge in [-0.25, -0.2) is 0 Å². The van der Waals surface area contributed by atoms with Crippen molar-refractivity contribution in [3.8, 4) is 0 Å². The number of fused-ring (bicyclic) bond motifs is 1. The Morgan fingerprint density at radius 2 is 1.88 bits per heavy atom. The average Bonchev–Trinajstić information content (AvgIpc) is 3.17. The molecule has 0 radical (unpaired) electrons. The first kappa shape index (κ1) is 21.4. The van der Waals surface area contributed by atoms with Gasteiger partial charge in [-0.2, -0.15) is 0 Å². The van der Waals surface area contributed by atoms with Gasteiger partial charge in [0.2, 0.25) is 0 Å². The molecule has 32 heavy (non-hydrogen) atoms. The molecule has 0 N–H and O–H groups in total. The van der Waals surface area contributed by atoms with Crippen molar-refractivity contribution in [3.63, 3.8) is 0 Å². The van der Waals surface area contributed by atoms with E-state index in [1.807, 2.05) is 42.2 Å². The zero-order valence-corrected chi connectivity index (χ0v) is 19.2. The molecule has 1 saturated heterocycles. The van der Waals surface area contributed by atoms with Crippen LogP contribution in [-0.2, 0) is 18.2 Å². The van der Waals surface area contributed by atoms with E-state index in [1.165, 1.54) is 36.9 Å². The van der Waals surface area contributed by atoms with Gasteiger partial charge in [-0.3, -0.25) is 14.7 Å². The van der Waals surface area contributed by atoms with E-state index in [9.17, 15) is 4.79 Å². The molecule has 1 aliphatic carbocycles. The summed E-state index contributed by atoms with van der Waals surface area (Å²) in [5, 5.41) is 1.03. The Morgan fingerprint density at radius 3 is 2.62 bits per heavy atom. The lowest BCUT2D eigenvalue weighted by Crippen LogP contribution is -2.44. The molecule has 1 aliphatic heterocycles. The Hall–Kier alpha value is -2.50. The molecule has 5 heteroatoms. The highest BCUT2D eigenvalue weighted by atomic mass is 16.5. The van der Waals surface area contributed by atoms with E-state index in [0.717, 1.165) is 48.3 Å². The smallest absolute Gasteiger partial charge is 0.169 e. The molecule has 0 unspecified atom stereocenters. The van der Waals surface area contributed by atoms with Crippen molar-refractivity contribution in [2.24, 2.45) is 7.05 Å². The number of rotatable bonds is 5. The van der Waals surface area contributed by atoms with Crippen LogP contribution in [0.1, 0.15) is 58.8 Å². The first-order valence-electron chi connectivity index (χ1n) is 11.9. The van der Waals surface area contributed by atoms with Gasteiger partial charge in [0.25, 0.3) is 0 Å². The van der Waals surface area contributed by atoms with Crippen molar-refractivity contribution < 1.29 is 9.53 Å². The van der Waals surface area contributed by atoms with Gasteiger partial charge in [-0.1, -0.05) is 24.3 Å². The summed E-state index contributed by atoms with van der Waals surface area (Å²) in [4.78, 5) is 20.5. The molecular weight excluding hydrogens is 398 g/mol. The number of aromatic nitrogens is 2. The Morgan fingerprint density at radius 1 is 1.12 bits per heavy atom. The van der Waals surface area contributed by atoms with Crippen molar-refractivity contribution in [2.75, 3.05) is 26.3 Å². The van der Waals surface area contributed by atoms with Crippen LogP contribution in [-0.4, -0.2) is 52.6 Å². The van der Waals surface area contributed by atoms with E-state index in [0.29, 0.717) is 18.4 Å². The second kappa shape index (κ2) is 9.16. The van der Waals surface area contributed by atoms with E-state index in [4.69, 9.17) is 9.72 Å². The van der Waals surface area contributed by atoms with Crippen LogP contribution >= 0.6 is 0 Å². The highest BCUT2D eigenvalue weighted by Crippen LogP contribution is 2.35. The molecule has 0 atom stereocenters. The monoisotopic (exact) mass is 431 g/mol. The standard InChI is InChI=1S/C27H33N3O2/c1-19-15-20(16-26(31)24-18-29(2)25-6-4-3-5-23(24)25)17-28-27(19)21-7-9-22(10-8-21)30-11-13-32-14-12-30/h3-6,15,17-18,21-22H,7-14,16H2,1-2H3. The maximum atomic E-state index is 13.1. The summed E-state index contributed by atoms with van der Waals surface area (Å²) in [7, 11) is 1.99. The fourth-order valence-corrected chi connectivity index (χ4v) is 5.67. The fraction of sp³-hybridized carbons (Fsp3) is 0.481. The van der Waals surface area contributed by atoms with E-state index in [1.54, 1.807) is 0 Å². The van der Waals surface area contributed by atoms with Crippen LogP contribution in [0, 0.1) is 6.92 Å². The van der Waals surface area contributed by atoms with Gasteiger partial charge in [0.1, 0.15) is 0 Å². The zero-order valence-electron chi connectivity index (χ0n) is 19.2. The highest BCUT2D eigenvalue weighted by Gasteiger charge is 2.29. The normalized spacial score (nSPS) is 22.3. The summed E-state index contributed by atoms with van der Waals surface area (Å²) in [5.41, 5.74) is 5.35. The summed E-state index contributed by atoms with van der Waals surface area (Å²) in [5.74, 6) is 0.692. The maximum Gasteiger partial charge on any atom is 0.169 e. The summed E-state index contributed by atoms with van der Waals surface area (Å²) in [6.45, 7) is 6.06. The minimum atomic E-state index is 0.154. The van der Waals surface area contributed by atoms with Crippen LogP contribution in [0.2, 0.25) is 0 Å². The first-order chi connectivity index (χ1) is 15.6. The van der Waals surface area contributed by atoms with Crippen molar-refractivity contribution in [2.45, 2.75) is 51.0 Å². The number of pyridine rings is 1. The molecule has 5 nitrogen and oxygen atoms in total. The molecule has 2 fully saturated rings. The minimum absolute atomic E-state index is 0.154. The van der Waals surface area contributed by atoms with Gasteiger partial charge in [0.15, 0.2) is 5.78 Å². The zero-order chi connectivity index (χ0) is 22.1. The number of carbonyl (C=O) groups excluding carboxylic acids is 1. The molecule has 3 heterocycles. The van der Waals surface area contributed by atoms with Crippen LogP contribution in [0.3, 0.4) is 0 Å². The third-order valence-corrected chi connectivity index (χ3v) is 7.38. The number of Topliss-reactive ketones (excluding diaryl/α,β-unsaturated/α-hetero) is 1. The highest BCUT2D eigenvalue weighted by molar-refractivity contribution is 6.08. The van der Waals surface area contributed by atoms with Gasteiger partial charge in [-0.15, -0.1) is 0 Å². The lowest BCUT2D eigenvalue weighted by Gasteiger charge is -2.38. The Kier molecular flexibility index (Phi) is 6.11. The van der Waals surface area contributed by atoms with Gasteiger partial charge in [0, 0.05) is 73.1 Å². The summed E-state index contributed by atoms with van der Waals surface area (Å²) in [6, 6.07) is 11.0. The molecule has 1 aromatic carbocycles. The van der Waals surface area contributed by atoms with Gasteiger partial charge >= 0.3 is 0 Å². The number of hydrogen-bond acceptors (Lipinski definition) is 4. The number of ketones is 1. The molecule has 168 valence electrons. The molecule has 1 saturated carbocycles. The second-order valence-electron chi connectivity index (χ2n) is 9.47. The van der Waals surface area contributed by atoms with Crippen LogP contribution < -0.4 is 0 Å². The van der Waals surface area contributed by atoms with Crippen molar-refractivity contribution >= 4 is 16.7 Å². The molecule has 2 aliphatic rings. The van der Waals surface area contributed by atoms with Crippen LogP contribution in [0.25, 0.3) is 10.9 Å². The SMILES string of the molecule is Cc1cc(CC(=O)c2cn(C)c3ccccc23)cnc1C1CCC(N2CCOCC2)CC1. The minimum Gasteiger partial charge on any atom is -0.379 e. The van der Waals surface area contributed by atoms with Gasteiger partial charge < -0.3 is 9.30 Å². The largest absolute Gasteiger partial charge is 0.379 e. The quantitative estimate of drug-likeness (QED) is 0.551. The molecular formula is C27H33N3O2. The number of para-hydroxylation sites is 1. The second-order valence-corrected chi connectivity index (χ2v) is 9.47. The summed E-state index contributed by atoms with van der Waals surface area (Å²) >= 11 is 0. The van der Waals surface area contributed by atoms with E-state index >= 15 is 0 Å². The number of carbonyl (C=O) groups is 1. The van der Waals surface area contributed by atoms with Crippen LogP contribution in [0.15, 0.2) is 42.7 Å². The predicted molar refractivity (Wildman–Crippen MR) is 127 cm³/mol. The van der Waals surface area contributed by atoms with Crippen LogP contribution in [0.4, 0.5) is 0 Å². The Labute approximate surface area is 190 Å². The average molecular weight is 432 g/mol. The Bertz CT molecular complexity index is 1110. The van der Waals surface area contributed by atoms with E-state index < -0.39 is 0 Å². The molecule has 2 aromatic heterocycles. The predicted octanol–water partition coefficient (Wildman–Crippen LogP) is 4.67. The third kappa shape index (κ3) is 4.24. The first-order valence-corrected chi connectivity index (χ1v) is 11.9. The topological polar surface area (TPSA) is 47.4 Å². The number of hydrogen-bond donors (Lipinski definition) is 0. The molecule has 0 amide bonds. The number of aryl methyl sites for hydroxylation is 2. The number of nitrogens with zero attached hydrogens (tertiary/aromatic N) is 3. The maximum absolute atomic E-state index is 13.1. The van der Waals surface area contributed by atoms with Gasteiger partial charge in [-0.05, 0) is 49.8 Å². The van der Waals surface area contributed by atoms with E-state index in [2.05, 4.69) is 24.0 Å². The number of ether oxygens (including phenoxy) is 1. The third-order valence-electron chi connectivity index (χ3n) is 7.38. The number of morpholine rings is 1. The lowest BCUT2D eigenvalue weighted by atomic mass is 9.81. The van der Waals surface area contributed by atoms with Crippen molar-refractivity contribution in [1.82, 2.24) is 14.5 Å². The number of benzene rings is 1. The van der Waals surface area contributed by atoms with Crippen molar-refractivity contribution in [1.29, 1.82) is 0 Å². The Balaban J connectivity index is 1.25. The van der Waals surface area contributed by atoms with Crippen molar-refractivity contribution in [3.05, 3.63) is 65.1 Å². The molecule has 3 aromatic rings. The molecule has 0 bridgehead atoms. The van der Waals surface area contributed by atoms with Crippen LogP contribution in [0.5, 0.6) is 0 Å².